The van der Waals surface area contributed by atoms with Crippen molar-refractivity contribution in [3.63, 3.8) is 0 Å². The minimum atomic E-state index is -0.0141. The molecule has 0 rings (SSSR count). The molecule has 0 aromatic carbocycles. The Morgan fingerprint density at radius 1 is 0.542 bits per heavy atom. The van der Waals surface area contributed by atoms with Gasteiger partial charge in [-0.3, -0.25) is 9.59 Å². The molecule has 6 heteroatoms. The van der Waals surface area contributed by atoms with E-state index in [9.17, 15) is 9.59 Å². The van der Waals surface area contributed by atoms with Gasteiger partial charge in [0, 0.05) is 25.8 Å². The predicted octanol–water partition coefficient (Wildman–Crippen LogP) is 17.1. The Bertz CT molecular complexity index is 1010. The van der Waals surface area contributed by atoms with Gasteiger partial charge in [0.05, 0.1) is 11.6 Å². The molecule has 0 bridgehead atoms. The number of nitrogens with one attached hydrogen (secondary N) is 1. The third-order valence-corrected chi connectivity index (χ3v) is 12.2. The van der Waals surface area contributed by atoms with Crippen LogP contribution in [-0.2, 0) is 19.1 Å². The summed E-state index contributed by atoms with van der Waals surface area (Å²) >= 11 is 5.53. The largest absolute Gasteiger partial charge is 0.466 e. The molecule has 0 aliphatic rings. The van der Waals surface area contributed by atoms with Gasteiger partial charge in [0.15, 0.2) is 0 Å². The zero-order valence-corrected chi connectivity index (χ0v) is 40.9. The van der Waals surface area contributed by atoms with Crippen molar-refractivity contribution in [2.45, 2.75) is 285 Å². The number of allylic oxidation sites excluding steroid dienone is 3. The normalized spacial score (nSPS) is 12.0. The minimum Gasteiger partial charge on any atom is -0.466 e. The van der Waals surface area contributed by atoms with Crippen molar-refractivity contribution >= 4 is 29.1 Å². The van der Waals surface area contributed by atoms with E-state index in [1.807, 2.05) is 0 Å². The van der Waals surface area contributed by atoms with E-state index < -0.39 is 0 Å². The van der Waals surface area contributed by atoms with E-state index in [0.717, 1.165) is 75.7 Å². The average Bonchev–Trinajstić information content (AvgIpc) is 3.22. The summed E-state index contributed by atoms with van der Waals surface area (Å²) in [6, 6.07) is 0. The van der Waals surface area contributed by atoms with E-state index in [-0.39, 0.29) is 18.0 Å². The molecule has 0 aliphatic heterocycles. The number of unbranched alkanes of at least 4 members (excludes halogenated alkanes) is 25. The maximum Gasteiger partial charge on any atom is 0.306 e. The molecule has 0 amide bonds. The lowest BCUT2D eigenvalue weighted by molar-refractivity contribution is -0.150. The average molecular weight is 846 g/mol. The molecule has 1 N–H and O–H groups in total. The van der Waals surface area contributed by atoms with Gasteiger partial charge in [-0.25, -0.2) is 0 Å². The highest BCUT2D eigenvalue weighted by molar-refractivity contribution is 7.80. The summed E-state index contributed by atoms with van der Waals surface area (Å²) in [5, 5.41) is 3.45. The Labute approximate surface area is 373 Å². The van der Waals surface area contributed by atoms with Crippen molar-refractivity contribution in [3.05, 3.63) is 23.3 Å². The highest BCUT2D eigenvalue weighted by Gasteiger charge is 2.14. The fourth-order valence-corrected chi connectivity index (χ4v) is 8.15. The van der Waals surface area contributed by atoms with Crippen molar-refractivity contribution in [2.75, 3.05) is 13.2 Å². The molecule has 0 heterocycles. The minimum absolute atomic E-state index is 0.0141. The third kappa shape index (κ3) is 42.8. The lowest BCUT2D eigenvalue weighted by Gasteiger charge is -2.18. The van der Waals surface area contributed by atoms with E-state index >= 15 is 0 Å². The van der Waals surface area contributed by atoms with Crippen molar-refractivity contribution in [2.24, 2.45) is 0 Å². The summed E-state index contributed by atoms with van der Waals surface area (Å²) in [4.78, 5) is 25.9. The summed E-state index contributed by atoms with van der Waals surface area (Å²) in [7, 11) is 0. The van der Waals surface area contributed by atoms with Gasteiger partial charge in [0.25, 0.3) is 0 Å². The summed E-state index contributed by atoms with van der Waals surface area (Å²) in [6.45, 7) is 12.5. The second-order valence-corrected chi connectivity index (χ2v) is 18.3. The number of hydrogen-bond donors (Lipinski definition) is 1. The first kappa shape index (κ1) is 57.3. The van der Waals surface area contributed by atoms with E-state index in [1.165, 1.54) is 173 Å². The number of thiocarbonyl (C=S) groups is 1. The van der Waals surface area contributed by atoms with Gasteiger partial charge in [-0.1, -0.05) is 198 Å². The number of hydrogen-bond acceptors (Lipinski definition) is 5. The van der Waals surface area contributed by atoms with Gasteiger partial charge in [-0.05, 0) is 97.3 Å². The van der Waals surface area contributed by atoms with E-state index in [0.29, 0.717) is 19.4 Å². The Morgan fingerprint density at radius 2 is 0.966 bits per heavy atom. The van der Waals surface area contributed by atoms with Crippen LogP contribution in [0.5, 0.6) is 0 Å². The molecule has 0 saturated carbocycles. The molecule has 0 radical (unpaired) electrons. The number of rotatable bonds is 45. The zero-order chi connectivity index (χ0) is 43.3. The smallest absolute Gasteiger partial charge is 0.306 e. The fourth-order valence-electron chi connectivity index (χ4n) is 7.82. The molecular formula is C53H99NO4S. The molecule has 0 fully saturated rings. The summed E-state index contributed by atoms with van der Waals surface area (Å²) in [5.41, 5.74) is 2.94. The molecule has 0 saturated heterocycles. The summed E-state index contributed by atoms with van der Waals surface area (Å²) < 4.78 is 11.5. The van der Waals surface area contributed by atoms with Crippen LogP contribution in [0.1, 0.15) is 279 Å². The van der Waals surface area contributed by atoms with Crippen LogP contribution >= 0.6 is 12.2 Å². The van der Waals surface area contributed by atoms with Crippen LogP contribution in [0.4, 0.5) is 0 Å². The van der Waals surface area contributed by atoms with E-state index in [4.69, 9.17) is 21.7 Å². The number of ether oxygens (including phenoxy) is 2. The number of esters is 2. The molecule has 0 spiro atoms. The van der Waals surface area contributed by atoms with Gasteiger partial charge < -0.3 is 14.8 Å². The molecule has 0 atom stereocenters. The standard InChI is InChI=1S/C53H99NO4S/c1-6-10-13-16-24-31-41-50(42-32-25-17-14-11-7-2)58-53(56)44-34-26-20-19-22-29-38-49(40-35-36-45-54-51(59)47-48(5)9-4)39-30-23-21-27-33-43-52(55)57-46-37-28-18-15-12-8-3/h9,40,50H,6-8,10-39,41-47H2,1-5H3,(H,54,59)/b48-9+,49-40-. The summed E-state index contributed by atoms with van der Waals surface area (Å²) in [5.74, 6) is 0.0211. The summed E-state index contributed by atoms with van der Waals surface area (Å²) in [6.07, 6.45) is 49.0. The number of carbonyl (C=O) groups is 2. The molecule has 0 unspecified atom stereocenters. The molecular weight excluding hydrogens is 747 g/mol. The number of carbonyl (C=O) groups excluding carboxylic acids is 2. The van der Waals surface area contributed by atoms with Gasteiger partial charge in [-0.15, -0.1) is 0 Å². The lowest BCUT2D eigenvalue weighted by Crippen LogP contribution is -2.22. The molecule has 0 aromatic heterocycles. The Hall–Kier alpha value is -1.69. The van der Waals surface area contributed by atoms with Gasteiger partial charge in [-0.2, -0.15) is 0 Å². The maximum absolute atomic E-state index is 12.8. The Morgan fingerprint density at radius 3 is 1.46 bits per heavy atom. The first-order valence-corrected chi connectivity index (χ1v) is 26.2. The van der Waals surface area contributed by atoms with Crippen LogP contribution in [0, 0.1) is 0 Å². The Kier molecular flexibility index (Phi) is 44.5. The molecule has 59 heavy (non-hydrogen) atoms. The monoisotopic (exact) mass is 846 g/mol. The highest BCUT2D eigenvalue weighted by atomic mass is 32.1. The molecule has 5 nitrogen and oxygen atoms in total. The van der Waals surface area contributed by atoms with Crippen LogP contribution in [0.2, 0.25) is 0 Å². The van der Waals surface area contributed by atoms with Crippen molar-refractivity contribution in [3.8, 4) is 0 Å². The molecule has 0 aromatic rings. The first-order chi connectivity index (χ1) is 28.9. The topological polar surface area (TPSA) is 64.6 Å². The third-order valence-electron chi connectivity index (χ3n) is 11.9. The highest BCUT2D eigenvalue weighted by Crippen LogP contribution is 2.21. The molecule has 346 valence electrons. The van der Waals surface area contributed by atoms with Crippen LogP contribution < -0.4 is 5.32 Å². The van der Waals surface area contributed by atoms with Crippen LogP contribution in [0.25, 0.3) is 0 Å². The van der Waals surface area contributed by atoms with Crippen LogP contribution in [0.3, 0.4) is 0 Å². The SMILES string of the molecule is C/C=C(\C)CC(=S)NCCC/C=C(/CCCCCCCCC(=O)OC(CCCCCCCC)CCCCCCCC)CCCCCCCC(=O)OCCCCCCCC. The molecule has 0 aliphatic carbocycles. The second kappa shape index (κ2) is 45.8. The quantitative estimate of drug-likeness (QED) is 0.0285. The Balaban J connectivity index is 4.49. The van der Waals surface area contributed by atoms with E-state index in [1.54, 1.807) is 5.57 Å². The van der Waals surface area contributed by atoms with Crippen molar-refractivity contribution in [1.29, 1.82) is 0 Å². The maximum atomic E-state index is 12.8. The predicted molar refractivity (Wildman–Crippen MR) is 261 cm³/mol. The van der Waals surface area contributed by atoms with Crippen LogP contribution in [-0.4, -0.2) is 36.2 Å². The second-order valence-electron chi connectivity index (χ2n) is 17.8. The first-order valence-electron chi connectivity index (χ1n) is 25.8. The van der Waals surface area contributed by atoms with Gasteiger partial charge in [0.1, 0.15) is 6.10 Å². The van der Waals surface area contributed by atoms with Crippen molar-refractivity contribution in [1.82, 2.24) is 5.32 Å². The van der Waals surface area contributed by atoms with E-state index in [2.05, 4.69) is 52.1 Å². The van der Waals surface area contributed by atoms with Gasteiger partial charge in [0.2, 0.25) is 0 Å². The fraction of sp³-hybridized carbons (Fsp3) is 0.868. The van der Waals surface area contributed by atoms with Gasteiger partial charge >= 0.3 is 11.9 Å². The zero-order valence-electron chi connectivity index (χ0n) is 40.1. The van der Waals surface area contributed by atoms with Crippen LogP contribution in [0.15, 0.2) is 23.3 Å². The van der Waals surface area contributed by atoms with Crippen molar-refractivity contribution < 1.29 is 19.1 Å². The lowest BCUT2D eigenvalue weighted by atomic mass is 9.98.